The number of imide groups is 1. The SMILES string of the molecule is CC(=O)OCC(=O)Cl.COc1ccc2c(c1)c1c3c(n4c5ccccc5cc4c1n2C(=O)COC(C)=O)C(=O)NC3=O.COc1ccc2nc3c(c2c1)c1c(=O)[nH]c(O)c1n1c2ccccc2cc31. The Bertz CT molecular complexity index is 4110. The number of hydrogen-bond donors (Lipinski definition) is 3. The molecule has 1 aliphatic heterocycles. The van der Waals surface area contributed by atoms with Gasteiger partial charge in [-0.3, -0.25) is 48.4 Å². The van der Waals surface area contributed by atoms with E-state index in [2.05, 4.69) is 15.0 Å². The lowest BCUT2D eigenvalue weighted by Gasteiger charge is -2.10. The van der Waals surface area contributed by atoms with Crippen LogP contribution in [-0.4, -0.2) is 90.8 Å². The number of esters is 2. The Hall–Kier alpha value is -9.03. The molecule has 12 rings (SSSR count). The molecule has 344 valence electrons. The number of ether oxygens (including phenoxy) is 4. The number of pyridine rings is 2. The van der Waals surface area contributed by atoms with E-state index in [1.807, 2.05) is 83.3 Å². The number of fused-ring (bicyclic) bond motifs is 20. The maximum Gasteiger partial charge on any atom is 0.303 e. The minimum atomic E-state index is -0.666. The van der Waals surface area contributed by atoms with Crippen LogP contribution in [0, 0.1) is 0 Å². The lowest BCUT2D eigenvalue weighted by atomic mass is 10.1. The zero-order valence-corrected chi connectivity index (χ0v) is 37.5. The molecule has 2 amide bonds. The minimum Gasteiger partial charge on any atom is -0.497 e. The average molecular weight is 947 g/mol. The van der Waals surface area contributed by atoms with Crippen LogP contribution in [0.3, 0.4) is 0 Å². The summed E-state index contributed by atoms with van der Waals surface area (Å²) in [6.45, 7) is 1.62. The molecule has 19 heteroatoms. The van der Waals surface area contributed by atoms with E-state index in [0.717, 1.165) is 49.1 Å². The highest BCUT2D eigenvalue weighted by Crippen LogP contribution is 2.42. The van der Waals surface area contributed by atoms with Crippen LogP contribution in [0.15, 0.2) is 102 Å². The number of para-hydroxylation sites is 2. The minimum absolute atomic E-state index is 0.138. The molecule has 0 unspecified atom stereocenters. The fourth-order valence-electron chi connectivity index (χ4n) is 9.16. The molecule has 4 aromatic carbocycles. The van der Waals surface area contributed by atoms with Gasteiger partial charge in [0.1, 0.15) is 22.7 Å². The highest BCUT2D eigenvalue weighted by atomic mass is 35.5. The summed E-state index contributed by atoms with van der Waals surface area (Å²) in [5.74, 6) is -1.55. The molecule has 0 fully saturated rings. The first kappa shape index (κ1) is 43.8. The molecule has 69 heavy (non-hydrogen) atoms. The molecule has 0 atom stereocenters. The van der Waals surface area contributed by atoms with Gasteiger partial charge >= 0.3 is 11.9 Å². The molecule has 8 heterocycles. The molecule has 11 aromatic rings. The van der Waals surface area contributed by atoms with Gasteiger partial charge in [0, 0.05) is 46.2 Å². The van der Waals surface area contributed by atoms with Crippen molar-refractivity contribution in [2.75, 3.05) is 27.4 Å². The highest BCUT2D eigenvalue weighted by Gasteiger charge is 2.36. The van der Waals surface area contributed by atoms with Gasteiger partial charge in [-0.05, 0) is 72.3 Å². The van der Waals surface area contributed by atoms with Crippen LogP contribution in [0.2, 0.25) is 0 Å². The van der Waals surface area contributed by atoms with Crippen molar-refractivity contribution in [3.63, 3.8) is 0 Å². The van der Waals surface area contributed by atoms with Gasteiger partial charge in [-0.15, -0.1) is 0 Å². The second-order valence-corrected chi connectivity index (χ2v) is 16.3. The van der Waals surface area contributed by atoms with Crippen LogP contribution < -0.4 is 20.3 Å². The summed E-state index contributed by atoms with van der Waals surface area (Å²) in [5, 5.41) is 17.1. The fourth-order valence-corrected chi connectivity index (χ4v) is 9.21. The number of nitrogens with one attached hydrogen (secondary N) is 2. The van der Waals surface area contributed by atoms with E-state index in [4.69, 9.17) is 30.8 Å². The first-order chi connectivity index (χ1) is 33.2. The molecule has 7 aromatic heterocycles. The van der Waals surface area contributed by atoms with E-state index in [9.17, 15) is 38.7 Å². The van der Waals surface area contributed by atoms with Gasteiger partial charge in [-0.1, -0.05) is 36.4 Å². The fraction of sp³-hybridized carbons (Fsp3) is 0.120. The summed E-state index contributed by atoms with van der Waals surface area (Å²) < 4.78 is 25.0. The summed E-state index contributed by atoms with van der Waals surface area (Å²) in [7, 11) is 3.12. The summed E-state index contributed by atoms with van der Waals surface area (Å²) >= 11 is 4.81. The van der Waals surface area contributed by atoms with Crippen LogP contribution in [0.25, 0.3) is 87.4 Å². The first-order valence-electron chi connectivity index (χ1n) is 21.0. The van der Waals surface area contributed by atoms with Crippen molar-refractivity contribution in [1.82, 2.24) is 28.7 Å². The van der Waals surface area contributed by atoms with Crippen LogP contribution >= 0.6 is 11.6 Å². The zero-order valence-electron chi connectivity index (χ0n) is 36.8. The number of amides is 2. The van der Waals surface area contributed by atoms with Crippen molar-refractivity contribution in [3.8, 4) is 17.4 Å². The third-order valence-electron chi connectivity index (χ3n) is 11.8. The summed E-state index contributed by atoms with van der Waals surface area (Å²) in [5.41, 5.74) is 6.07. The molecule has 3 N–H and O–H groups in total. The Morgan fingerprint density at radius 2 is 1.26 bits per heavy atom. The van der Waals surface area contributed by atoms with E-state index < -0.39 is 41.5 Å². The van der Waals surface area contributed by atoms with Crippen LogP contribution in [0.5, 0.6) is 17.4 Å². The van der Waals surface area contributed by atoms with Gasteiger partial charge in [0.25, 0.3) is 28.5 Å². The Labute approximate surface area is 391 Å². The summed E-state index contributed by atoms with van der Waals surface area (Å²) in [6.07, 6.45) is 0. The van der Waals surface area contributed by atoms with Gasteiger partial charge in [-0.25, -0.2) is 4.98 Å². The largest absolute Gasteiger partial charge is 0.497 e. The van der Waals surface area contributed by atoms with Crippen molar-refractivity contribution >= 4 is 134 Å². The Kier molecular flexibility index (Phi) is 10.6. The average Bonchev–Trinajstić information content (AvgIpc) is 4.18. The molecule has 0 radical (unpaired) electrons. The number of H-pyrrole nitrogens is 1. The zero-order chi connectivity index (χ0) is 48.6. The number of methoxy groups -OCH3 is 2. The van der Waals surface area contributed by atoms with Crippen LogP contribution in [0.1, 0.15) is 39.5 Å². The Balaban J connectivity index is 0.000000141. The van der Waals surface area contributed by atoms with Gasteiger partial charge in [0.05, 0.1) is 69.3 Å². The molecule has 1 aliphatic rings. The van der Waals surface area contributed by atoms with Gasteiger partial charge in [0.2, 0.25) is 5.88 Å². The third kappa shape index (κ3) is 7.03. The van der Waals surface area contributed by atoms with E-state index >= 15 is 0 Å². The van der Waals surface area contributed by atoms with E-state index in [0.29, 0.717) is 49.7 Å². The number of carbonyl (C=O) groups excluding carboxylic acids is 6. The number of aromatic hydroxyl groups is 1. The molecule has 0 bridgehead atoms. The number of aromatic nitrogens is 5. The van der Waals surface area contributed by atoms with Gasteiger partial charge < -0.3 is 32.9 Å². The number of halogens is 1. The summed E-state index contributed by atoms with van der Waals surface area (Å²) in [6, 6.07) is 30.0. The van der Waals surface area contributed by atoms with E-state index in [1.54, 1.807) is 29.7 Å². The van der Waals surface area contributed by atoms with Crippen LogP contribution in [-0.2, 0) is 23.9 Å². The predicted octanol–water partition coefficient (Wildman–Crippen LogP) is 7.40. The van der Waals surface area contributed by atoms with Crippen molar-refractivity contribution in [1.29, 1.82) is 0 Å². The molecular weight excluding hydrogens is 912 g/mol. The quantitative estimate of drug-likeness (QED) is 0.0839. The lowest BCUT2D eigenvalue weighted by Crippen LogP contribution is -2.20. The Morgan fingerprint density at radius 3 is 1.90 bits per heavy atom. The normalized spacial score (nSPS) is 12.2. The maximum atomic E-state index is 13.4. The Morgan fingerprint density at radius 1 is 0.652 bits per heavy atom. The third-order valence-corrected chi connectivity index (χ3v) is 11.9. The highest BCUT2D eigenvalue weighted by molar-refractivity contribution is 6.64. The number of benzene rings is 4. The number of aromatic amines is 1. The molecule has 0 aliphatic carbocycles. The second-order valence-electron chi connectivity index (χ2n) is 15.9. The topological polar surface area (TPSA) is 231 Å². The van der Waals surface area contributed by atoms with Gasteiger partial charge in [-0.2, -0.15) is 0 Å². The lowest BCUT2D eigenvalue weighted by molar-refractivity contribution is -0.143. The molecular formula is C50H35ClN6O12. The van der Waals surface area contributed by atoms with Crippen molar-refractivity contribution < 1.29 is 52.8 Å². The van der Waals surface area contributed by atoms with Crippen LogP contribution in [0.4, 0.5) is 0 Å². The molecule has 0 spiro atoms. The smallest absolute Gasteiger partial charge is 0.303 e. The standard InChI is InChI=1S/C25H17N3O6.C21H13N3O3.C4H5ClO3/c1-12(29)34-11-19(30)28-17-8-7-14(33-2)10-15(17)20-21-23(25(32)26-24(21)31)27-16-6-4-3-5-13(16)9-18(27)22(20)28;1-27-11-6-7-13-12(9-11)16-17-19(21(26)23-20(17)25)24-14-5-3-2-4-10(14)8-15(24)18(16)22-13;1-3(6)8-2-4(5)7/h3-10H,11H2,1-2H3,(H,26,31,32);2-9,26H,1H3,(H,23,25);2H2,1H3. The number of rotatable bonds is 6. The number of carbonyl (C=O) groups is 6. The van der Waals surface area contributed by atoms with Crippen molar-refractivity contribution in [2.45, 2.75) is 13.8 Å². The first-order valence-corrected chi connectivity index (χ1v) is 21.4. The van der Waals surface area contributed by atoms with E-state index in [-0.39, 0.29) is 29.3 Å². The monoisotopic (exact) mass is 946 g/mol. The number of hydrogen-bond acceptors (Lipinski definition) is 13. The molecule has 0 saturated heterocycles. The van der Waals surface area contributed by atoms with E-state index in [1.165, 1.54) is 25.5 Å². The van der Waals surface area contributed by atoms with Gasteiger partial charge in [0.15, 0.2) is 13.2 Å². The van der Waals surface area contributed by atoms with Crippen molar-refractivity contribution in [2.24, 2.45) is 0 Å². The number of nitrogens with zero attached hydrogens (tertiary/aromatic N) is 4. The van der Waals surface area contributed by atoms with Crippen molar-refractivity contribution in [3.05, 3.63) is 119 Å². The molecule has 0 saturated carbocycles. The predicted molar refractivity (Wildman–Crippen MR) is 256 cm³/mol. The second kappa shape index (κ2) is 16.7. The summed E-state index contributed by atoms with van der Waals surface area (Å²) in [4.78, 5) is 90.6. The molecule has 18 nitrogen and oxygen atoms in total. The maximum absolute atomic E-state index is 13.4.